The lowest BCUT2D eigenvalue weighted by molar-refractivity contribution is 0.00678. The number of halogens is 2. The summed E-state index contributed by atoms with van der Waals surface area (Å²) in [7, 11) is 0. The molecule has 1 aliphatic rings. The van der Waals surface area contributed by atoms with Crippen LogP contribution in [0.5, 0.6) is 5.75 Å². The van der Waals surface area contributed by atoms with Crippen LogP contribution in [0.3, 0.4) is 0 Å². The van der Waals surface area contributed by atoms with Crippen molar-refractivity contribution in [3.8, 4) is 5.75 Å². The minimum absolute atomic E-state index is 0.145. The summed E-state index contributed by atoms with van der Waals surface area (Å²) in [5, 5.41) is 0. The van der Waals surface area contributed by atoms with Crippen LogP contribution in [-0.2, 0) is 11.2 Å². The van der Waals surface area contributed by atoms with Crippen molar-refractivity contribution in [2.45, 2.75) is 25.4 Å². The summed E-state index contributed by atoms with van der Waals surface area (Å²) < 4.78 is 13.4. The molecule has 100 valence electrons. The first-order chi connectivity index (χ1) is 8.70. The smallest absolute Gasteiger partial charge is 0.148 e. The van der Waals surface area contributed by atoms with Crippen molar-refractivity contribution in [1.82, 2.24) is 0 Å². The first-order valence-corrected chi connectivity index (χ1v) is 7.71. The Morgan fingerprint density at radius 3 is 2.61 bits per heavy atom. The van der Waals surface area contributed by atoms with Gasteiger partial charge in [-0.25, -0.2) is 0 Å². The van der Waals surface area contributed by atoms with E-state index in [1.54, 1.807) is 0 Å². The van der Waals surface area contributed by atoms with E-state index in [4.69, 9.17) is 15.2 Å². The van der Waals surface area contributed by atoms with Crippen molar-refractivity contribution in [3.63, 3.8) is 0 Å². The van der Waals surface area contributed by atoms with Crippen LogP contribution in [0.4, 0.5) is 0 Å². The molecule has 2 N–H and O–H groups in total. The molecule has 0 saturated carbocycles. The average Bonchev–Trinajstić information content (AvgIpc) is 2.36. The number of ether oxygens (including phenoxy) is 2. The normalized spacial score (nSPS) is 19.8. The Morgan fingerprint density at radius 1 is 1.33 bits per heavy atom. The van der Waals surface area contributed by atoms with E-state index >= 15 is 0 Å². The third-order valence-corrected chi connectivity index (χ3v) is 4.07. The van der Waals surface area contributed by atoms with Gasteiger partial charge >= 0.3 is 0 Å². The second kappa shape index (κ2) is 6.89. The molecule has 0 aromatic heterocycles. The molecule has 0 aliphatic carbocycles. The number of hydrogen-bond acceptors (Lipinski definition) is 3. The number of hydrogen-bond donors (Lipinski definition) is 1. The van der Waals surface area contributed by atoms with Crippen molar-refractivity contribution in [1.29, 1.82) is 0 Å². The topological polar surface area (TPSA) is 44.5 Å². The summed E-state index contributed by atoms with van der Waals surface area (Å²) in [4.78, 5) is 0. The van der Waals surface area contributed by atoms with Gasteiger partial charge in [-0.05, 0) is 75.4 Å². The Bertz CT molecular complexity index is 383. The Hall–Kier alpha value is -0.100. The van der Waals surface area contributed by atoms with Crippen LogP contribution in [0.1, 0.15) is 18.4 Å². The summed E-state index contributed by atoms with van der Waals surface area (Å²) in [5.74, 6) is 0.853. The third-order valence-electron chi connectivity index (χ3n) is 2.89. The molecule has 0 radical (unpaired) electrons. The highest BCUT2D eigenvalue weighted by Crippen LogP contribution is 2.36. The molecule has 2 rings (SSSR count). The third kappa shape index (κ3) is 3.70. The second-order valence-corrected chi connectivity index (χ2v) is 6.09. The summed E-state index contributed by atoms with van der Waals surface area (Å²) in [6.45, 7) is 2.16. The van der Waals surface area contributed by atoms with Crippen LogP contribution >= 0.6 is 31.9 Å². The number of nitrogens with two attached hydrogens (primary N) is 1. The van der Waals surface area contributed by atoms with Crippen molar-refractivity contribution in [2.24, 2.45) is 5.73 Å². The fourth-order valence-corrected chi connectivity index (χ4v) is 3.47. The van der Waals surface area contributed by atoms with E-state index in [-0.39, 0.29) is 6.10 Å². The van der Waals surface area contributed by atoms with Crippen molar-refractivity contribution in [2.75, 3.05) is 19.8 Å². The van der Waals surface area contributed by atoms with Crippen LogP contribution in [0.15, 0.2) is 21.1 Å². The summed E-state index contributed by atoms with van der Waals surface area (Å²) >= 11 is 7.12. The van der Waals surface area contributed by atoms with Gasteiger partial charge in [0.15, 0.2) is 0 Å². The molecule has 1 aromatic rings. The molecule has 0 spiro atoms. The molecule has 1 aromatic carbocycles. The molecule has 0 amide bonds. The van der Waals surface area contributed by atoms with Crippen molar-refractivity contribution >= 4 is 31.9 Å². The molecule has 5 heteroatoms. The molecule has 1 aliphatic heterocycles. The van der Waals surface area contributed by atoms with Gasteiger partial charge in [-0.15, -0.1) is 0 Å². The SMILES string of the molecule is NCCc1cc(Br)c(OC2CCCOC2)c(Br)c1. The zero-order chi connectivity index (χ0) is 13.0. The van der Waals surface area contributed by atoms with Gasteiger partial charge in [-0.3, -0.25) is 0 Å². The van der Waals surface area contributed by atoms with E-state index in [0.29, 0.717) is 13.2 Å². The Balaban J connectivity index is 2.11. The van der Waals surface area contributed by atoms with Gasteiger partial charge in [0.25, 0.3) is 0 Å². The van der Waals surface area contributed by atoms with Gasteiger partial charge in [0, 0.05) is 6.61 Å². The molecule has 1 unspecified atom stereocenters. The lowest BCUT2D eigenvalue weighted by Gasteiger charge is -2.24. The molecule has 18 heavy (non-hydrogen) atoms. The largest absolute Gasteiger partial charge is 0.486 e. The van der Waals surface area contributed by atoms with Gasteiger partial charge in [0.05, 0.1) is 15.6 Å². The monoisotopic (exact) mass is 377 g/mol. The minimum atomic E-state index is 0.145. The zero-order valence-electron chi connectivity index (χ0n) is 10.1. The Morgan fingerprint density at radius 2 is 2.06 bits per heavy atom. The standard InChI is InChI=1S/C13H17Br2NO2/c14-11-6-9(3-4-16)7-12(15)13(11)18-10-2-1-5-17-8-10/h6-7,10H,1-5,8,16H2. The van der Waals surface area contributed by atoms with Gasteiger partial charge in [0.1, 0.15) is 11.9 Å². The second-order valence-electron chi connectivity index (χ2n) is 4.38. The molecule has 0 bridgehead atoms. The van der Waals surface area contributed by atoms with E-state index in [0.717, 1.165) is 40.6 Å². The van der Waals surface area contributed by atoms with E-state index < -0.39 is 0 Å². The van der Waals surface area contributed by atoms with E-state index in [9.17, 15) is 0 Å². The fourth-order valence-electron chi connectivity index (χ4n) is 2.01. The van der Waals surface area contributed by atoms with Crippen LogP contribution in [-0.4, -0.2) is 25.9 Å². The molecular weight excluding hydrogens is 362 g/mol. The van der Waals surface area contributed by atoms with Crippen LogP contribution < -0.4 is 10.5 Å². The first-order valence-electron chi connectivity index (χ1n) is 6.13. The van der Waals surface area contributed by atoms with Crippen molar-refractivity contribution in [3.05, 3.63) is 26.6 Å². The minimum Gasteiger partial charge on any atom is -0.486 e. The predicted molar refractivity (Wildman–Crippen MR) is 79.1 cm³/mol. The van der Waals surface area contributed by atoms with Crippen LogP contribution in [0.25, 0.3) is 0 Å². The average molecular weight is 379 g/mol. The molecule has 1 fully saturated rings. The van der Waals surface area contributed by atoms with E-state index in [1.165, 1.54) is 5.56 Å². The molecule has 1 heterocycles. The van der Waals surface area contributed by atoms with Gasteiger partial charge < -0.3 is 15.2 Å². The molecule has 1 atom stereocenters. The fraction of sp³-hybridized carbons (Fsp3) is 0.538. The lowest BCUT2D eigenvalue weighted by atomic mass is 10.1. The highest BCUT2D eigenvalue weighted by atomic mass is 79.9. The maximum absolute atomic E-state index is 6.00. The zero-order valence-corrected chi connectivity index (χ0v) is 13.3. The number of benzene rings is 1. The van der Waals surface area contributed by atoms with Crippen molar-refractivity contribution < 1.29 is 9.47 Å². The summed E-state index contributed by atoms with van der Waals surface area (Å²) in [6, 6.07) is 4.13. The quantitative estimate of drug-likeness (QED) is 0.874. The number of rotatable bonds is 4. The maximum Gasteiger partial charge on any atom is 0.148 e. The molecular formula is C13H17Br2NO2. The summed E-state index contributed by atoms with van der Waals surface area (Å²) in [6.07, 6.45) is 3.12. The first kappa shape index (κ1) is 14.3. The van der Waals surface area contributed by atoms with Gasteiger partial charge in [0.2, 0.25) is 0 Å². The lowest BCUT2D eigenvalue weighted by Crippen LogP contribution is -2.28. The predicted octanol–water partition coefficient (Wildman–Crippen LogP) is 3.27. The summed E-state index contributed by atoms with van der Waals surface area (Å²) in [5.41, 5.74) is 6.77. The molecule has 1 saturated heterocycles. The van der Waals surface area contributed by atoms with Crippen LogP contribution in [0.2, 0.25) is 0 Å². The maximum atomic E-state index is 6.00. The van der Waals surface area contributed by atoms with E-state index in [2.05, 4.69) is 44.0 Å². The molecule has 3 nitrogen and oxygen atoms in total. The van der Waals surface area contributed by atoms with Crippen LogP contribution in [0, 0.1) is 0 Å². The van der Waals surface area contributed by atoms with E-state index in [1.807, 2.05) is 0 Å². The Labute approximate surface area is 124 Å². The highest BCUT2D eigenvalue weighted by molar-refractivity contribution is 9.11. The Kier molecular flexibility index (Phi) is 5.48. The van der Waals surface area contributed by atoms with Gasteiger partial charge in [-0.1, -0.05) is 0 Å². The highest BCUT2D eigenvalue weighted by Gasteiger charge is 2.18. The van der Waals surface area contributed by atoms with Gasteiger partial charge in [-0.2, -0.15) is 0 Å².